The average molecular weight is 256 g/mol. The molecule has 1 aromatic carbocycles. The van der Waals surface area contributed by atoms with Crippen molar-refractivity contribution in [1.82, 2.24) is 5.32 Å². The number of amides is 2. The van der Waals surface area contributed by atoms with E-state index in [2.05, 4.69) is 17.2 Å². The van der Waals surface area contributed by atoms with Crippen LogP contribution in [0, 0.1) is 0 Å². The quantitative estimate of drug-likeness (QED) is 0.642. The summed E-state index contributed by atoms with van der Waals surface area (Å²) in [6.07, 6.45) is 6.60. The molecule has 19 heavy (non-hydrogen) atoms. The highest BCUT2D eigenvalue weighted by molar-refractivity contribution is 6.40. The SMILES string of the molecule is C=C/C=C\C(=C/C)NC(=O)C(=O)Nc1ccccc1. The number of nitrogens with one attached hydrogen (secondary N) is 2. The van der Waals surface area contributed by atoms with Crippen molar-refractivity contribution < 1.29 is 9.59 Å². The number of hydrogen-bond acceptors (Lipinski definition) is 2. The monoisotopic (exact) mass is 256 g/mol. The molecule has 0 aliphatic heterocycles. The Morgan fingerprint density at radius 1 is 1.16 bits per heavy atom. The zero-order valence-electron chi connectivity index (χ0n) is 10.7. The predicted molar refractivity (Wildman–Crippen MR) is 76.3 cm³/mol. The molecular weight excluding hydrogens is 240 g/mol. The maximum Gasteiger partial charge on any atom is 0.314 e. The first-order chi connectivity index (χ1) is 9.17. The van der Waals surface area contributed by atoms with Gasteiger partial charge in [-0.05, 0) is 25.1 Å². The fourth-order valence-electron chi connectivity index (χ4n) is 1.28. The molecule has 0 aliphatic rings. The van der Waals surface area contributed by atoms with E-state index in [0.717, 1.165) is 0 Å². The minimum atomic E-state index is -0.717. The van der Waals surface area contributed by atoms with Gasteiger partial charge in [0.15, 0.2) is 0 Å². The van der Waals surface area contributed by atoms with Gasteiger partial charge in [0, 0.05) is 11.4 Å². The second kappa shape index (κ2) is 7.66. The molecule has 98 valence electrons. The molecule has 4 nitrogen and oxygen atoms in total. The number of benzene rings is 1. The molecule has 0 spiro atoms. The normalized spacial score (nSPS) is 11.1. The van der Waals surface area contributed by atoms with Gasteiger partial charge in [0.1, 0.15) is 0 Å². The van der Waals surface area contributed by atoms with Crippen LogP contribution in [0.3, 0.4) is 0 Å². The van der Waals surface area contributed by atoms with Gasteiger partial charge in [-0.2, -0.15) is 0 Å². The number of carbonyl (C=O) groups is 2. The number of carbonyl (C=O) groups excluding carboxylic acids is 2. The molecule has 0 heterocycles. The Balaban J connectivity index is 2.60. The van der Waals surface area contributed by atoms with Crippen LogP contribution in [0.2, 0.25) is 0 Å². The Morgan fingerprint density at radius 2 is 1.84 bits per heavy atom. The van der Waals surface area contributed by atoms with Crippen LogP contribution in [0.1, 0.15) is 6.92 Å². The zero-order chi connectivity index (χ0) is 14.1. The Hall–Kier alpha value is -2.62. The highest BCUT2D eigenvalue weighted by atomic mass is 16.2. The highest BCUT2D eigenvalue weighted by Crippen LogP contribution is 2.04. The van der Waals surface area contributed by atoms with Crippen LogP contribution < -0.4 is 10.6 Å². The summed E-state index contributed by atoms with van der Waals surface area (Å²) in [7, 11) is 0. The number of rotatable bonds is 4. The maximum atomic E-state index is 11.7. The minimum Gasteiger partial charge on any atom is -0.318 e. The largest absolute Gasteiger partial charge is 0.318 e. The summed E-state index contributed by atoms with van der Waals surface area (Å²) in [4.78, 5) is 23.3. The lowest BCUT2D eigenvalue weighted by molar-refractivity contribution is -0.135. The van der Waals surface area contributed by atoms with E-state index >= 15 is 0 Å². The molecule has 0 fully saturated rings. The standard InChI is InChI=1S/C15H16N2O2/c1-3-5-9-12(4-2)16-14(18)15(19)17-13-10-7-6-8-11-13/h3-11H,1H2,2H3,(H,16,18)(H,17,19)/b9-5-,12-4+. The molecule has 2 amide bonds. The fraction of sp³-hybridized carbons (Fsp3) is 0.0667. The van der Waals surface area contributed by atoms with Crippen molar-refractivity contribution in [2.45, 2.75) is 6.92 Å². The zero-order valence-corrected chi connectivity index (χ0v) is 10.7. The van der Waals surface area contributed by atoms with Gasteiger partial charge >= 0.3 is 11.8 Å². The van der Waals surface area contributed by atoms with Crippen molar-refractivity contribution in [1.29, 1.82) is 0 Å². The number of para-hydroxylation sites is 1. The van der Waals surface area contributed by atoms with Crippen LogP contribution in [0.25, 0.3) is 0 Å². The van der Waals surface area contributed by atoms with Crippen LogP contribution in [0.15, 0.2) is 66.9 Å². The van der Waals surface area contributed by atoms with Crippen molar-refractivity contribution in [3.05, 3.63) is 66.9 Å². The lowest BCUT2D eigenvalue weighted by atomic mass is 10.3. The first-order valence-corrected chi connectivity index (χ1v) is 5.80. The van der Waals surface area contributed by atoms with Crippen LogP contribution in [0.4, 0.5) is 5.69 Å². The predicted octanol–water partition coefficient (Wildman–Crippen LogP) is 2.39. The number of hydrogen-bond donors (Lipinski definition) is 2. The van der Waals surface area contributed by atoms with Gasteiger partial charge in [-0.25, -0.2) is 0 Å². The molecule has 1 rings (SSSR count). The third-order valence-electron chi connectivity index (χ3n) is 2.22. The van der Waals surface area contributed by atoms with Gasteiger partial charge in [0.25, 0.3) is 0 Å². The lowest BCUT2D eigenvalue weighted by Gasteiger charge is -2.06. The van der Waals surface area contributed by atoms with Gasteiger partial charge in [-0.3, -0.25) is 9.59 Å². The summed E-state index contributed by atoms with van der Waals surface area (Å²) in [6, 6.07) is 8.79. The minimum absolute atomic E-state index is 0.535. The molecule has 0 atom stereocenters. The van der Waals surface area contributed by atoms with E-state index in [1.165, 1.54) is 0 Å². The van der Waals surface area contributed by atoms with Crippen molar-refractivity contribution >= 4 is 17.5 Å². The molecule has 1 aromatic rings. The average Bonchev–Trinajstić information content (AvgIpc) is 2.44. The summed E-state index contributed by atoms with van der Waals surface area (Å²) in [5, 5.41) is 5.00. The smallest absolute Gasteiger partial charge is 0.314 e. The number of anilines is 1. The van der Waals surface area contributed by atoms with E-state index in [0.29, 0.717) is 11.4 Å². The molecule has 0 unspecified atom stereocenters. The topological polar surface area (TPSA) is 58.2 Å². The van der Waals surface area contributed by atoms with E-state index in [4.69, 9.17) is 0 Å². The maximum absolute atomic E-state index is 11.7. The van der Waals surface area contributed by atoms with Gasteiger partial charge in [-0.15, -0.1) is 0 Å². The lowest BCUT2D eigenvalue weighted by Crippen LogP contribution is -2.34. The van der Waals surface area contributed by atoms with Gasteiger partial charge in [0.05, 0.1) is 0 Å². The highest BCUT2D eigenvalue weighted by Gasteiger charge is 2.13. The second-order valence-corrected chi connectivity index (χ2v) is 3.61. The van der Waals surface area contributed by atoms with Crippen LogP contribution in [0.5, 0.6) is 0 Å². The summed E-state index contributed by atoms with van der Waals surface area (Å²) in [6.45, 7) is 5.29. The van der Waals surface area contributed by atoms with E-state index in [9.17, 15) is 9.59 Å². The first-order valence-electron chi connectivity index (χ1n) is 5.80. The van der Waals surface area contributed by atoms with Crippen molar-refractivity contribution in [2.75, 3.05) is 5.32 Å². The van der Waals surface area contributed by atoms with Crippen LogP contribution >= 0.6 is 0 Å². The molecule has 0 aliphatic carbocycles. The van der Waals surface area contributed by atoms with Crippen molar-refractivity contribution in [2.24, 2.45) is 0 Å². The molecule has 0 saturated heterocycles. The van der Waals surface area contributed by atoms with E-state index in [1.807, 2.05) is 6.07 Å². The number of allylic oxidation sites excluding steroid dienone is 4. The van der Waals surface area contributed by atoms with Crippen LogP contribution in [-0.2, 0) is 9.59 Å². The van der Waals surface area contributed by atoms with Gasteiger partial charge < -0.3 is 10.6 Å². The fourth-order valence-corrected chi connectivity index (χ4v) is 1.28. The van der Waals surface area contributed by atoms with Gasteiger partial charge in [0.2, 0.25) is 0 Å². The second-order valence-electron chi connectivity index (χ2n) is 3.61. The third kappa shape index (κ3) is 5.04. The summed E-state index contributed by atoms with van der Waals surface area (Å²) in [5.74, 6) is -1.43. The van der Waals surface area contributed by atoms with Crippen LogP contribution in [-0.4, -0.2) is 11.8 Å². The first kappa shape index (κ1) is 14.4. The van der Waals surface area contributed by atoms with E-state index in [1.54, 1.807) is 55.5 Å². The Kier molecular flexibility index (Phi) is 5.82. The summed E-state index contributed by atoms with van der Waals surface area (Å²) < 4.78 is 0. The Labute approximate surface area is 112 Å². The molecule has 2 N–H and O–H groups in total. The summed E-state index contributed by atoms with van der Waals surface area (Å²) >= 11 is 0. The van der Waals surface area contributed by atoms with Crippen molar-refractivity contribution in [3.63, 3.8) is 0 Å². The molecule has 0 radical (unpaired) electrons. The van der Waals surface area contributed by atoms with E-state index < -0.39 is 11.8 Å². The molecule has 0 saturated carbocycles. The third-order valence-corrected chi connectivity index (χ3v) is 2.22. The molecule has 0 bridgehead atoms. The molecule has 4 heteroatoms. The van der Waals surface area contributed by atoms with E-state index in [-0.39, 0.29) is 0 Å². The molecular formula is C15H16N2O2. The van der Waals surface area contributed by atoms with Gasteiger partial charge in [-0.1, -0.05) is 43.0 Å². The molecule has 0 aromatic heterocycles. The Bertz CT molecular complexity index is 516. The van der Waals surface area contributed by atoms with Crippen molar-refractivity contribution in [3.8, 4) is 0 Å². The Morgan fingerprint density at radius 3 is 2.42 bits per heavy atom. The summed E-state index contributed by atoms with van der Waals surface area (Å²) in [5.41, 5.74) is 1.11.